The van der Waals surface area contributed by atoms with Crippen LogP contribution in [0.5, 0.6) is 0 Å². The van der Waals surface area contributed by atoms with Crippen molar-refractivity contribution in [2.75, 3.05) is 49.5 Å². The van der Waals surface area contributed by atoms with Gasteiger partial charge in [0.1, 0.15) is 5.82 Å². The van der Waals surface area contributed by atoms with Gasteiger partial charge in [-0.25, -0.2) is 4.98 Å². The van der Waals surface area contributed by atoms with Crippen LogP contribution in [0.1, 0.15) is 71.6 Å². The Kier molecular flexibility index (Phi) is 9.39. The molecular formula is C26H45N7O. The van der Waals surface area contributed by atoms with Crippen molar-refractivity contribution >= 4 is 17.7 Å². The highest BCUT2D eigenvalue weighted by molar-refractivity contribution is 5.78. The van der Waals surface area contributed by atoms with E-state index in [-0.39, 0.29) is 17.9 Å². The fourth-order valence-corrected chi connectivity index (χ4v) is 5.89. The number of hydrogen-bond acceptors (Lipinski definition) is 7. The van der Waals surface area contributed by atoms with Crippen molar-refractivity contribution in [2.45, 2.75) is 89.8 Å². The molecule has 0 radical (unpaired) electrons. The van der Waals surface area contributed by atoms with Gasteiger partial charge >= 0.3 is 0 Å². The summed E-state index contributed by atoms with van der Waals surface area (Å²) in [5.41, 5.74) is 0. The van der Waals surface area contributed by atoms with Crippen molar-refractivity contribution in [1.29, 1.82) is 0 Å². The first kappa shape index (κ1) is 25.2. The van der Waals surface area contributed by atoms with Gasteiger partial charge in [-0.2, -0.15) is 4.98 Å². The van der Waals surface area contributed by atoms with E-state index < -0.39 is 0 Å². The Labute approximate surface area is 205 Å². The van der Waals surface area contributed by atoms with Crippen molar-refractivity contribution in [3.05, 3.63) is 12.3 Å². The number of aromatic nitrogens is 2. The summed E-state index contributed by atoms with van der Waals surface area (Å²) in [6.45, 7) is 10.5. The molecule has 4 rings (SSSR count). The van der Waals surface area contributed by atoms with Gasteiger partial charge in [0, 0.05) is 49.9 Å². The molecule has 3 aliphatic rings. The second kappa shape index (κ2) is 12.7. The topological polar surface area (TPSA) is 85.4 Å². The zero-order chi connectivity index (χ0) is 23.8. The largest absolute Gasteiger partial charge is 0.356 e. The molecule has 1 aromatic rings. The molecule has 3 N–H and O–H groups in total. The minimum absolute atomic E-state index is 0.165. The molecule has 3 aliphatic heterocycles. The van der Waals surface area contributed by atoms with Gasteiger partial charge in [0.2, 0.25) is 11.9 Å². The fourth-order valence-electron chi connectivity index (χ4n) is 5.89. The molecule has 0 spiro atoms. The van der Waals surface area contributed by atoms with Gasteiger partial charge in [-0.3, -0.25) is 9.69 Å². The fraction of sp³-hybridized carbons (Fsp3) is 0.808. The van der Waals surface area contributed by atoms with Crippen LogP contribution >= 0.6 is 0 Å². The van der Waals surface area contributed by atoms with E-state index in [9.17, 15) is 4.79 Å². The zero-order valence-corrected chi connectivity index (χ0v) is 21.3. The van der Waals surface area contributed by atoms with Gasteiger partial charge < -0.3 is 20.9 Å². The molecule has 2 atom stereocenters. The van der Waals surface area contributed by atoms with Crippen molar-refractivity contribution in [2.24, 2.45) is 5.92 Å². The third-order valence-corrected chi connectivity index (χ3v) is 7.82. The van der Waals surface area contributed by atoms with E-state index in [4.69, 9.17) is 4.98 Å². The first-order valence-corrected chi connectivity index (χ1v) is 13.7. The summed E-state index contributed by atoms with van der Waals surface area (Å²) in [5.74, 6) is 2.17. The van der Waals surface area contributed by atoms with Crippen LogP contribution in [0, 0.1) is 5.92 Å². The van der Waals surface area contributed by atoms with E-state index >= 15 is 0 Å². The van der Waals surface area contributed by atoms with Gasteiger partial charge in [0.05, 0.1) is 0 Å². The first-order chi connectivity index (χ1) is 16.6. The van der Waals surface area contributed by atoms with Crippen molar-refractivity contribution in [3.63, 3.8) is 0 Å². The molecule has 0 aliphatic carbocycles. The lowest BCUT2D eigenvalue weighted by Crippen LogP contribution is -2.55. The van der Waals surface area contributed by atoms with Crippen LogP contribution in [0.2, 0.25) is 0 Å². The van der Waals surface area contributed by atoms with Crippen LogP contribution in [0.4, 0.5) is 11.8 Å². The highest BCUT2D eigenvalue weighted by Crippen LogP contribution is 2.26. The Balaban J connectivity index is 1.38. The SMILES string of the molecule is CC(C)N1CCC[C@H](Nc2nccc(N3CCCCCC3)n2)[C@H]1CCNC(=O)C1CCNCC1. The Morgan fingerprint density at radius 2 is 1.85 bits per heavy atom. The maximum Gasteiger partial charge on any atom is 0.224 e. The van der Waals surface area contributed by atoms with Crippen LogP contribution < -0.4 is 20.9 Å². The Morgan fingerprint density at radius 3 is 2.59 bits per heavy atom. The summed E-state index contributed by atoms with van der Waals surface area (Å²) in [6.07, 6.45) is 12.1. The van der Waals surface area contributed by atoms with E-state index in [1.807, 2.05) is 12.3 Å². The smallest absolute Gasteiger partial charge is 0.224 e. The van der Waals surface area contributed by atoms with E-state index in [1.54, 1.807) is 0 Å². The summed E-state index contributed by atoms with van der Waals surface area (Å²) < 4.78 is 0. The maximum absolute atomic E-state index is 12.6. The second-order valence-corrected chi connectivity index (χ2v) is 10.5. The quantitative estimate of drug-likeness (QED) is 0.537. The van der Waals surface area contributed by atoms with Crippen molar-refractivity contribution in [3.8, 4) is 0 Å². The molecule has 1 aromatic heterocycles. The molecule has 4 heterocycles. The number of carbonyl (C=O) groups excluding carboxylic acids is 1. The molecule has 1 amide bonds. The number of carbonyl (C=O) groups is 1. The molecule has 8 nitrogen and oxygen atoms in total. The van der Waals surface area contributed by atoms with Gasteiger partial charge in [-0.05, 0) is 84.5 Å². The standard InChI is InChI=1S/C26H45N7O/c1-20(2)33-19-7-8-22(23(33)11-15-28-25(34)21-9-13-27-14-10-21)30-26-29-16-12-24(31-26)32-17-5-3-4-6-18-32/h12,16,20-23,27H,3-11,13-15,17-19H2,1-2H3,(H,28,34)(H,29,30,31)/t22-,23+/m0/s1. The third-order valence-electron chi connectivity index (χ3n) is 7.82. The number of likely N-dealkylation sites (tertiary alicyclic amines) is 1. The van der Waals surface area contributed by atoms with Gasteiger partial charge in [0.15, 0.2) is 0 Å². The lowest BCUT2D eigenvalue weighted by molar-refractivity contribution is -0.125. The first-order valence-electron chi connectivity index (χ1n) is 13.7. The molecule has 0 saturated carbocycles. The van der Waals surface area contributed by atoms with Crippen molar-refractivity contribution in [1.82, 2.24) is 25.5 Å². The average molecular weight is 472 g/mol. The number of amides is 1. The van der Waals surface area contributed by atoms with E-state index in [0.717, 1.165) is 76.7 Å². The minimum atomic E-state index is 0.165. The number of nitrogens with one attached hydrogen (secondary N) is 3. The van der Waals surface area contributed by atoms with Crippen LogP contribution in [-0.4, -0.2) is 78.2 Å². The summed E-state index contributed by atoms with van der Waals surface area (Å²) in [7, 11) is 0. The van der Waals surface area contributed by atoms with E-state index in [1.165, 1.54) is 32.1 Å². The van der Waals surface area contributed by atoms with Crippen LogP contribution in [0.25, 0.3) is 0 Å². The summed E-state index contributed by atoms with van der Waals surface area (Å²) >= 11 is 0. The van der Waals surface area contributed by atoms with Crippen LogP contribution in [-0.2, 0) is 4.79 Å². The van der Waals surface area contributed by atoms with E-state index in [0.29, 0.717) is 12.1 Å². The van der Waals surface area contributed by atoms with Gasteiger partial charge in [-0.15, -0.1) is 0 Å². The molecular weight excluding hydrogens is 426 g/mol. The molecule has 3 fully saturated rings. The molecule has 3 saturated heterocycles. The summed E-state index contributed by atoms with van der Waals surface area (Å²) in [6, 6.07) is 3.16. The van der Waals surface area contributed by atoms with Crippen LogP contribution in [0.3, 0.4) is 0 Å². The van der Waals surface area contributed by atoms with Crippen LogP contribution in [0.15, 0.2) is 12.3 Å². The predicted octanol–water partition coefficient (Wildman–Crippen LogP) is 3.02. The lowest BCUT2D eigenvalue weighted by atomic mass is 9.92. The van der Waals surface area contributed by atoms with E-state index in [2.05, 4.69) is 44.6 Å². The van der Waals surface area contributed by atoms with Gasteiger partial charge in [0.25, 0.3) is 0 Å². The molecule has 0 unspecified atom stereocenters. The number of rotatable bonds is 8. The Bertz CT molecular complexity index is 759. The minimum Gasteiger partial charge on any atom is -0.356 e. The Hall–Kier alpha value is -1.93. The highest BCUT2D eigenvalue weighted by Gasteiger charge is 2.33. The third kappa shape index (κ3) is 6.81. The molecule has 190 valence electrons. The molecule has 34 heavy (non-hydrogen) atoms. The zero-order valence-electron chi connectivity index (χ0n) is 21.3. The summed E-state index contributed by atoms with van der Waals surface area (Å²) in [4.78, 5) is 27.2. The second-order valence-electron chi connectivity index (χ2n) is 10.5. The highest BCUT2D eigenvalue weighted by atomic mass is 16.1. The maximum atomic E-state index is 12.6. The lowest BCUT2D eigenvalue weighted by Gasteiger charge is -2.44. The number of nitrogens with zero attached hydrogens (tertiary/aromatic N) is 4. The average Bonchev–Trinajstić information content (AvgIpc) is 3.15. The number of hydrogen-bond donors (Lipinski definition) is 3. The molecule has 8 heteroatoms. The van der Waals surface area contributed by atoms with Crippen molar-refractivity contribution < 1.29 is 4.79 Å². The normalized spacial score (nSPS) is 25.2. The predicted molar refractivity (Wildman–Crippen MR) is 138 cm³/mol. The monoisotopic (exact) mass is 471 g/mol. The number of piperidine rings is 2. The Morgan fingerprint density at radius 1 is 1.09 bits per heavy atom. The molecule has 0 aromatic carbocycles. The van der Waals surface area contributed by atoms with Gasteiger partial charge in [-0.1, -0.05) is 12.8 Å². The summed E-state index contributed by atoms with van der Waals surface area (Å²) in [5, 5.41) is 10.3. The number of anilines is 2. The molecule has 0 bridgehead atoms.